The van der Waals surface area contributed by atoms with Crippen LogP contribution in [-0.2, 0) is 4.74 Å². The summed E-state index contributed by atoms with van der Waals surface area (Å²) in [5, 5.41) is 9.92. The maximum Gasteiger partial charge on any atom is 0.335 e. The van der Waals surface area contributed by atoms with Crippen molar-refractivity contribution < 1.29 is 19.4 Å². The molecule has 1 aromatic heterocycles. The van der Waals surface area contributed by atoms with Crippen LogP contribution < -0.4 is 4.74 Å². The highest BCUT2D eigenvalue weighted by molar-refractivity contribution is 7.18. The summed E-state index contributed by atoms with van der Waals surface area (Å²) < 4.78 is 11.6. The van der Waals surface area contributed by atoms with Gasteiger partial charge >= 0.3 is 5.97 Å². The number of aromatic nitrogens is 1. The largest absolute Gasteiger partial charge is 0.493 e. The lowest BCUT2D eigenvalue weighted by molar-refractivity contribution is 0.0696. The van der Waals surface area contributed by atoms with E-state index in [-0.39, 0.29) is 5.56 Å². The molecule has 0 radical (unpaired) electrons. The molecule has 1 saturated heterocycles. The second-order valence-electron chi connectivity index (χ2n) is 5.06. The number of hydrogen-bond donors (Lipinski definition) is 1. The van der Waals surface area contributed by atoms with Crippen LogP contribution in [0.25, 0.3) is 10.6 Å². The first-order chi connectivity index (χ1) is 10.6. The minimum Gasteiger partial charge on any atom is -0.493 e. The summed E-state index contributed by atoms with van der Waals surface area (Å²) in [4.78, 5) is 15.5. The predicted octanol–water partition coefficient (Wildman–Crippen LogP) is 3.58. The molecule has 22 heavy (non-hydrogen) atoms. The molecule has 0 bridgehead atoms. The van der Waals surface area contributed by atoms with Crippen LogP contribution in [0.15, 0.2) is 24.4 Å². The van der Waals surface area contributed by atoms with Crippen LogP contribution >= 0.6 is 22.9 Å². The second-order valence-corrected chi connectivity index (χ2v) is 6.72. The smallest absolute Gasteiger partial charge is 0.335 e. The van der Waals surface area contributed by atoms with Crippen LogP contribution in [-0.4, -0.2) is 35.9 Å². The number of aromatic carboxylic acids is 1. The van der Waals surface area contributed by atoms with E-state index in [0.717, 1.165) is 13.0 Å². The number of halogens is 1. The van der Waals surface area contributed by atoms with E-state index >= 15 is 0 Å². The molecule has 1 unspecified atom stereocenters. The van der Waals surface area contributed by atoms with Gasteiger partial charge in [-0.3, -0.25) is 0 Å². The van der Waals surface area contributed by atoms with Crippen LogP contribution in [0, 0.1) is 5.92 Å². The molecule has 2 heterocycles. The summed E-state index contributed by atoms with van der Waals surface area (Å²) >= 11 is 7.19. The summed E-state index contributed by atoms with van der Waals surface area (Å²) in [6.45, 7) is 1.96. The van der Waals surface area contributed by atoms with E-state index in [1.165, 1.54) is 17.4 Å². The predicted molar refractivity (Wildman–Crippen MR) is 83.9 cm³/mol. The van der Waals surface area contributed by atoms with E-state index in [1.807, 2.05) is 0 Å². The third-order valence-electron chi connectivity index (χ3n) is 3.39. The zero-order valence-electron chi connectivity index (χ0n) is 11.6. The fourth-order valence-electron chi connectivity index (χ4n) is 2.25. The van der Waals surface area contributed by atoms with Crippen LogP contribution in [0.5, 0.6) is 5.75 Å². The molecular formula is C15H14ClNO4S. The number of nitrogens with zero attached hydrogens (tertiary/aromatic N) is 1. The quantitative estimate of drug-likeness (QED) is 0.901. The first kappa shape index (κ1) is 15.3. The first-order valence-electron chi connectivity index (χ1n) is 6.82. The molecule has 5 nitrogen and oxygen atoms in total. The van der Waals surface area contributed by atoms with Gasteiger partial charge in [-0.25, -0.2) is 9.78 Å². The minimum absolute atomic E-state index is 0.168. The van der Waals surface area contributed by atoms with Gasteiger partial charge in [-0.1, -0.05) is 11.6 Å². The van der Waals surface area contributed by atoms with Gasteiger partial charge in [-0.2, -0.15) is 0 Å². The molecule has 1 atom stereocenters. The summed E-state index contributed by atoms with van der Waals surface area (Å²) in [6, 6.07) is 4.89. The lowest BCUT2D eigenvalue weighted by Gasteiger charge is -2.12. The second kappa shape index (κ2) is 6.64. The fourth-order valence-corrected chi connectivity index (χ4v) is 3.15. The van der Waals surface area contributed by atoms with Crippen molar-refractivity contribution in [2.45, 2.75) is 6.42 Å². The van der Waals surface area contributed by atoms with Crippen molar-refractivity contribution in [3.8, 4) is 16.3 Å². The van der Waals surface area contributed by atoms with Crippen LogP contribution in [0.4, 0.5) is 0 Å². The highest BCUT2D eigenvalue weighted by Gasteiger charge is 2.17. The lowest BCUT2D eigenvalue weighted by atomic mass is 10.1. The number of ether oxygens (including phenoxy) is 2. The Morgan fingerprint density at radius 1 is 1.50 bits per heavy atom. The van der Waals surface area contributed by atoms with Gasteiger partial charge in [0.2, 0.25) is 0 Å². The van der Waals surface area contributed by atoms with Crippen LogP contribution in [0.3, 0.4) is 0 Å². The average Bonchev–Trinajstić information content (AvgIpc) is 3.16. The van der Waals surface area contributed by atoms with Gasteiger partial charge in [0.25, 0.3) is 0 Å². The summed E-state index contributed by atoms with van der Waals surface area (Å²) in [5.41, 5.74) is 0.857. The maximum absolute atomic E-state index is 11.3. The van der Waals surface area contributed by atoms with Gasteiger partial charge in [-0.05, 0) is 24.6 Å². The van der Waals surface area contributed by atoms with E-state index in [0.29, 0.717) is 39.8 Å². The van der Waals surface area contributed by atoms with Gasteiger partial charge in [0.1, 0.15) is 15.1 Å². The molecular weight excluding hydrogens is 326 g/mol. The number of carboxylic acids is 1. The molecule has 0 amide bonds. The standard InChI is InChI=1S/C15H14ClNO4S/c16-13-6-17-14(22-13)10-3-11(15(18)19)5-12(4-10)21-8-9-1-2-20-7-9/h3-6,9H,1-2,7-8H2,(H,18,19). The van der Waals surface area contributed by atoms with Gasteiger partial charge in [0.05, 0.1) is 25.0 Å². The summed E-state index contributed by atoms with van der Waals surface area (Å²) in [7, 11) is 0. The normalized spacial score (nSPS) is 17.6. The highest BCUT2D eigenvalue weighted by atomic mass is 35.5. The highest BCUT2D eigenvalue weighted by Crippen LogP contribution is 2.31. The maximum atomic E-state index is 11.3. The molecule has 1 aliphatic heterocycles. The Morgan fingerprint density at radius 3 is 3.00 bits per heavy atom. The molecule has 0 spiro atoms. The van der Waals surface area contributed by atoms with Gasteiger partial charge < -0.3 is 14.6 Å². The van der Waals surface area contributed by atoms with Crippen molar-refractivity contribution in [3.05, 3.63) is 34.3 Å². The Bertz CT molecular complexity index is 682. The Hall–Kier alpha value is -1.63. The first-order valence-corrected chi connectivity index (χ1v) is 8.02. The van der Waals surface area contributed by atoms with E-state index in [1.54, 1.807) is 18.3 Å². The Balaban J connectivity index is 1.84. The molecule has 1 aromatic carbocycles. The zero-order chi connectivity index (χ0) is 15.5. The molecule has 1 aliphatic rings. The average molecular weight is 340 g/mol. The monoisotopic (exact) mass is 339 g/mol. The number of thiazole rings is 1. The van der Waals surface area contributed by atoms with E-state index in [2.05, 4.69) is 4.98 Å². The molecule has 116 valence electrons. The van der Waals surface area contributed by atoms with Crippen LogP contribution in [0.1, 0.15) is 16.8 Å². The molecule has 7 heteroatoms. The molecule has 0 aliphatic carbocycles. The number of rotatable bonds is 5. The van der Waals surface area contributed by atoms with Crippen molar-refractivity contribution in [1.29, 1.82) is 0 Å². The Kier molecular flexibility index (Phi) is 4.61. The Morgan fingerprint density at radius 2 is 2.36 bits per heavy atom. The van der Waals surface area contributed by atoms with Gasteiger partial charge in [0.15, 0.2) is 0 Å². The van der Waals surface area contributed by atoms with Crippen molar-refractivity contribution in [2.24, 2.45) is 5.92 Å². The summed E-state index contributed by atoms with van der Waals surface area (Å²) in [5.74, 6) is -0.127. The van der Waals surface area contributed by atoms with Crippen molar-refractivity contribution in [1.82, 2.24) is 4.98 Å². The zero-order valence-corrected chi connectivity index (χ0v) is 13.2. The molecule has 0 saturated carbocycles. The third-order valence-corrected chi connectivity index (χ3v) is 4.55. The molecule has 1 N–H and O–H groups in total. The third kappa shape index (κ3) is 3.58. The van der Waals surface area contributed by atoms with Gasteiger partial charge in [0, 0.05) is 18.1 Å². The van der Waals surface area contributed by atoms with Gasteiger partial charge in [-0.15, -0.1) is 11.3 Å². The Labute approximate surface area is 136 Å². The van der Waals surface area contributed by atoms with E-state index in [9.17, 15) is 9.90 Å². The van der Waals surface area contributed by atoms with E-state index < -0.39 is 5.97 Å². The number of hydrogen-bond acceptors (Lipinski definition) is 5. The SMILES string of the molecule is O=C(O)c1cc(OCC2CCOC2)cc(-c2ncc(Cl)s2)c1. The van der Waals surface area contributed by atoms with E-state index in [4.69, 9.17) is 21.1 Å². The topological polar surface area (TPSA) is 68.7 Å². The number of carboxylic acid groups (broad SMARTS) is 1. The number of benzene rings is 1. The molecule has 1 fully saturated rings. The van der Waals surface area contributed by atoms with Crippen LogP contribution in [0.2, 0.25) is 4.34 Å². The van der Waals surface area contributed by atoms with Crippen molar-refractivity contribution in [2.75, 3.05) is 19.8 Å². The molecule has 2 aromatic rings. The molecule has 3 rings (SSSR count). The van der Waals surface area contributed by atoms with Crippen molar-refractivity contribution in [3.63, 3.8) is 0 Å². The lowest BCUT2D eigenvalue weighted by Crippen LogP contribution is -2.12. The minimum atomic E-state index is -1.00. The summed E-state index contributed by atoms with van der Waals surface area (Å²) in [6.07, 6.45) is 2.51. The number of carbonyl (C=O) groups is 1. The fraction of sp³-hybridized carbons (Fsp3) is 0.333. The van der Waals surface area contributed by atoms with Crippen molar-refractivity contribution >= 4 is 28.9 Å².